The third kappa shape index (κ3) is 3.26. The summed E-state index contributed by atoms with van der Waals surface area (Å²) in [6.07, 6.45) is 11.7. The van der Waals surface area contributed by atoms with Crippen LogP contribution in [0, 0.1) is 17.8 Å². The van der Waals surface area contributed by atoms with Gasteiger partial charge in [-0.25, -0.2) is 0 Å². The van der Waals surface area contributed by atoms with E-state index >= 15 is 0 Å². The van der Waals surface area contributed by atoms with Gasteiger partial charge in [-0.15, -0.1) is 0 Å². The number of hydrogen-bond acceptors (Lipinski definition) is 4. The Hall–Kier alpha value is -0.710. The highest BCUT2D eigenvalue weighted by molar-refractivity contribution is 5.94. The van der Waals surface area contributed by atoms with Gasteiger partial charge in [-0.05, 0) is 25.2 Å². The van der Waals surface area contributed by atoms with Crippen LogP contribution in [0.15, 0.2) is 12.2 Å². The Morgan fingerprint density at radius 3 is 2.70 bits per heavy atom. The molecule has 0 aromatic carbocycles. The lowest BCUT2D eigenvalue weighted by atomic mass is 9.55. The number of carbonyl (C=O) groups is 1. The summed E-state index contributed by atoms with van der Waals surface area (Å²) in [6.45, 7) is 0. The molecular weight excluding hydrogens is 292 g/mol. The Bertz CT molecular complexity index is 454. The molecule has 0 aromatic heterocycles. The van der Waals surface area contributed by atoms with Gasteiger partial charge in [0.05, 0.1) is 12.2 Å². The smallest absolute Gasteiger partial charge is 0.165 e. The molecule has 3 fully saturated rings. The summed E-state index contributed by atoms with van der Waals surface area (Å²) >= 11 is 0. The fourth-order valence-corrected chi connectivity index (χ4v) is 4.94. The van der Waals surface area contributed by atoms with Gasteiger partial charge in [-0.1, -0.05) is 44.3 Å². The molecule has 0 aliphatic heterocycles. The van der Waals surface area contributed by atoms with Gasteiger partial charge in [0.25, 0.3) is 0 Å². The quantitative estimate of drug-likeness (QED) is 0.764. The molecular formula is C19H30O4. The van der Waals surface area contributed by atoms with Crippen molar-refractivity contribution in [3.63, 3.8) is 0 Å². The van der Waals surface area contributed by atoms with E-state index in [0.717, 1.165) is 6.42 Å². The average molecular weight is 322 g/mol. The van der Waals surface area contributed by atoms with Crippen LogP contribution in [-0.2, 0) is 9.53 Å². The monoisotopic (exact) mass is 322 g/mol. The standard InChI is InChI=1S/C19H30O4/c1-23-19-10-9-17(21)15(16(19)12-18(19)22)8-7-14(20)11-13-5-3-2-4-6-13/h7-8,13-17,20-21H,2-6,9-12H2,1H3. The number of ether oxygens (including phenoxy) is 1. The predicted octanol–water partition coefficient (Wildman–Crippen LogP) is 2.62. The maximum atomic E-state index is 12.0. The summed E-state index contributed by atoms with van der Waals surface area (Å²) in [5, 5.41) is 20.6. The first kappa shape index (κ1) is 17.1. The molecule has 130 valence electrons. The Morgan fingerprint density at radius 1 is 1.30 bits per heavy atom. The molecule has 0 heterocycles. The highest BCUT2D eigenvalue weighted by Crippen LogP contribution is 2.51. The van der Waals surface area contributed by atoms with Crippen molar-refractivity contribution >= 4 is 5.78 Å². The normalized spacial score (nSPS) is 40.0. The Kier molecular flexibility index (Phi) is 5.24. The molecule has 23 heavy (non-hydrogen) atoms. The maximum Gasteiger partial charge on any atom is 0.165 e. The molecule has 3 aliphatic rings. The number of fused-ring (bicyclic) bond motifs is 1. The molecule has 0 radical (unpaired) electrons. The molecule has 0 saturated heterocycles. The predicted molar refractivity (Wildman–Crippen MR) is 87.9 cm³/mol. The average Bonchev–Trinajstić information content (AvgIpc) is 2.55. The van der Waals surface area contributed by atoms with Crippen LogP contribution in [-0.4, -0.2) is 40.9 Å². The molecule has 3 rings (SSSR count). The summed E-state index contributed by atoms with van der Waals surface area (Å²) in [6, 6.07) is 0. The molecule has 5 unspecified atom stereocenters. The van der Waals surface area contributed by atoms with Crippen molar-refractivity contribution in [1.29, 1.82) is 0 Å². The number of carbonyl (C=O) groups excluding carboxylic acids is 1. The molecule has 5 atom stereocenters. The molecule has 0 aromatic rings. The van der Waals surface area contributed by atoms with Crippen LogP contribution in [0.4, 0.5) is 0 Å². The molecule has 4 heteroatoms. The van der Waals surface area contributed by atoms with Crippen molar-refractivity contribution in [1.82, 2.24) is 0 Å². The first-order valence-electron chi connectivity index (χ1n) is 9.19. The third-order valence-corrected chi connectivity index (χ3v) is 6.42. The van der Waals surface area contributed by atoms with Crippen LogP contribution in [0.3, 0.4) is 0 Å². The lowest BCUT2D eigenvalue weighted by Gasteiger charge is -2.54. The van der Waals surface area contributed by atoms with Crippen LogP contribution in [0.2, 0.25) is 0 Å². The van der Waals surface area contributed by atoms with E-state index < -0.39 is 17.8 Å². The van der Waals surface area contributed by atoms with E-state index in [4.69, 9.17) is 4.74 Å². The van der Waals surface area contributed by atoms with E-state index in [2.05, 4.69) is 0 Å². The van der Waals surface area contributed by atoms with Gasteiger partial charge in [0.1, 0.15) is 5.60 Å². The summed E-state index contributed by atoms with van der Waals surface area (Å²) in [4.78, 5) is 12.0. The molecule has 4 nitrogen and oxygen atoms in total. The van der Waals surface area contributed by atoms with E-state index in [1.165, 1.54) is 32.1 Å². The van der Waals surface area contributed by atoms with Gasteiger partial charge in [-0.2, -0.15) is 0 Å². The Balaban J connectivity index is 1.60. The van der Waals surface area contributed by atoms with Crippen molar-refractivity contribution in [2.45, 2.75) is 75.6 Å². The molecule has 3 aliphatic carbocycles. The Labute approximate surface area is 138 Å². The zero-order chi connectivity index (χ0) is 16.4. The second-order valence-corrected chi connectivity index (χ2v) is 7.70. The second kappa shape index (κ2) is 7.04. The van der Waals surface area contributed by atoms with Crippen LogP contribution in [0.1, 0.15) is 57.8 Å². The second-order valence-electron chi connectivity index (χ2n) is 7.70. The summed E-state index contributed by atoms with van der Waals surface area (Å²) < 4.78 is 5.54. The van der Waals surface area contributed by atoms with Crippen molar-refractivity contribution in [3.05, 3.63) is 12.2 Å². The zero-order valence-electron chi connectivity index (χ0n) is 14.1. The highest BCUT2D eigenvalue weighted by atomic mass is 16.5. The minimum Gasteiger partial charge on any atom is -0.393 e. The van der Waals surface area contributed by atoms with Crippen molar-refractivity contribution in [2.24, 2.45) is 17.8 Å². The van der Waals surface area contributed by atoms with E-state index in [1.807, 2.05) is 12.2 Å². The topological polar surface area (TPSA) is 66.8 Å². The van der Waals surface area contributed by atoms with Crippen molar-refractivity contribution in [3.8, 4) is 0 Å². The van der Waals surface area contributed by atoms with E-state index in [1.54, 1.807) is 7.11 Å². The van der Waals surface area contributed by atoms with Crippen molar-refractivity contribution < 1.29 is 19.7 Å². The number of methoxy groups -OCH3 is 1. The lowest BCUT2D eigenvalue weighted by Crippen LogP contribution is -2.64. The number of aliphatic hydroxyl groups is 2. The fourth-order valence-electron chi connectivity index (χ4n) is 4.94. The van der Waals surface area contributed by atoms with Crippen LogP contribution >= 0.6 is 0 Å². The first-order valence-corrected chi connectivity index (χ1v) is 9.19. The zero-order valence-corrected chi connectivity index (χ0v) is 14.1. The fraction of sp³-hybridized carbons (Fsp3) is 0.842. The lowest BCUT2D eigenvalue weighted by molar-refractivity contribution is -0.191. The van der Waals surface area contributed by atoms with Gasteiger partial charge < -0.3 is 14.9 Å². The molecule has 0 amide bonds. The number of Topliss-reactive ketones (excluding diaryl/α,β-unsaturated/α-hetero) is 1. The summed E-state index contributed by atoms with van der Waals surface area (Å²) in [5.74, 6) is 0.769. The highest BCUT2D eigenvalue weighted by Gasteiger charge is 2.60. The maximum absolute atomic E-state index is 12.0. The minimum atomic E-state index is -0.678. The molecule has 0 bridgehead atoms. The molecule has 2 N–H and O–H groups in total. The van der Waals surface area contributed by atoms with Crippen molar-refractivity contribution in [2.75, 3.05) is 7.11 Å². The number of rotatable bonds is 5. The van der Waals surface area contributed by atoms with Gasteiger partial charge in [0.2, 0.25) is 0 Å². The van der Waals surface area contributed by atoms with E-state index in [9.17, 15) is 15.0 Å². The van der Waals surface area contributed by atoms with Crippen LogP contribution in [0.25, 0.3) is 0 Å². The SMILES string of the molecule is COC12CCC(O)C(C=CC(O)CC3CCCCC3)C1CC2=O. The van der Waals surface area contributed by atoms with E-state index in [0.29, 0.717) is 25.2 Å². The number of hydrogen-bond donors (Lipinski definition) is 2. The van der Waals surface area contributed by atoms with Crippen LogP contribution in [0.5, 0.6) is 0 Å². The molecule has 0 spiro atoms. The van der Waals surface area contributed by atoms with Gasteiger partial charge in [0, 0.05) is 25.4 Å². The van der Waals surface area contributed by atoms with E-state index in [-0.39, 0.29) is 17.6 Å². The number of ketones is 1. The largest absolute Gasteiger partial charge is 0.393 e. The number of aliphatic hydroxyl groups excluding tert-OH is 2. The van der Waals surface area contributed by atoms with Gasteiger partial charge in [0.15, 0.2) is 5.78 Å². The van der Waals surface area contributed by atoms with Gasteiger partial charge in [-0.3, -0.25) is 4.79 Å². The minimum absolute atomic E-state index is 0.0573. The first-order chi connectivity index (χ1) is 11.1. The third-order valence-electron chi connectivity index (χ3n) is 6.42. The summed E-state index contributed by atoms with van der Waals surface area (Å²) in [5.41, 5.74) is -0.678. The van der Waals surface area contributed by atoms with Gasteiger partial charge >= 0.3 is 0 Å². The molecule has 3 saturated carbocycles. The Morgan fingerprint density at radius 2 is 2.04 bits per heavy atom. The summed E-state index contributed by atoms with van der Waals surface area (Å²) in [7, 11) is 1.60. The van der Waals surface area contributed by atoms with Crippen LogP contribution < -0.4 is 0 Å².